The minimum atomic E-state index is -0.334. The smallest absolute Gasteiger partial charge is 0.233 e. The molecule has 2 aliphatic rings. The van der Waals surface area contributed by atoms with Crippen LogP contribution in [0.2, 0.25) is 0 Å². The zero-order chi connectivity index (χ0) is 13.3. The summed E-state index contributed by atoms with van der Waals surface area (Å²) < 4.78 is 0. The number of carbonyl (C=O) groups excluding carboxylic acids is 2. The van der Waals surface area contributed by atoms with Crippen molar-refractivity contribution in [3.63, 3.8) is 0 Å². The van der Waals surface area contributed by atoms with Crippen molar-refractivity contribution in [2.45, 2.75) is 39.5 Å². The van der Waals surface area contributed by atoms with E-state index in [-0.39, 0.29) is 28.9 Å². The highest BCUT2D eigenvalue weighted by atomic mass is 16.2. The summed E-state index contributed by atoms with van der Waals surface area (Å²) in [5.74, 6) is 0.133. The van der Waals surface area contributed by atoms with Crippen molar-refractivity contribution in [3.05, 3.63) is 12.7 Å². The van der Waals surface area contributed by atoms with Gasteiger partial charge in [0.1, 0.15) is 11.7 Å². The van der Waals surface area contributed by atoms with E-state index in [2.05, 4.69) is 20.4 Å². The van der Waals surface area contributed by atoms with Crippen LogP contribution in [0.5, 0.6) is 0 Å². The molecule has 3 heteroatoms. The molecule has 1 aliphatic carbocycles. The fraction of sp³-hybridized carbons (Fsp3) is 0.733. The van der Waals surface area contributed by atoms with Crippen molar-refractivity contribution >= 4 is 11.7 Å². The van der Waals surface area contributed by atoms with Crippen LogP contribution in [-0.4, -0.2) is 29.7 Å². The molecular weight excluding hydrogens is 226 g/mol. The Labute approximate surface area is 109 Å². The van der Waals surface area contributed by atoms with Gasteiger partial charge in [0, 0.05) is 25.4 Å². The fourth-order valence-corrected chi connectivity index (χ4v) is 3.34. The number of rotatable bonds is 5. The number of hydrogen-bond acceptors (Lipinski definition) is 2. The quantitative estimate of drug-likeness (QED) is 0.426. The average Bonchev–Trinajstić information content (AvgIpc) is 2.73. The highest BCUT2D eigenvalue weighted by molar-refractivity contribution is 6.05. The molecule has 1 saturated carbocycles. The average molecular weight is 249 g/mol. The minimum absolute atomic E-state index is 0.00667. The van der Waals surface area contributed by atoms with Crippen LogP contribution in [0.25, 0.3) is 0 Å². The maximum absolute atomic E-state index is 12.2. The number of ketones is 1. The van der Waals surface area contributed by atoms with Crippen LogP contribution in [0.3, 0.4) is 0 Å². The lowest BCUT2D eigenvalue weighted by Crippen LogP contribution is -2.31. The van der Waals surface area contributed by atoms with E-state index >= 15 is 0 Å². The zero-order valence-corrected chi connectivity index (χ0v) is 11.4. The lowest BCUT2D eigenvalue weighted by Gasteiger charge is -2.25. The van der Waals surface area contributed by atoms with Crippen LogP contribution in [0.4, 0.5) is 0 Å². The van der Waals surface area contributed by atoms with Gasteiger partial charge in [-0.25, -0.2) is 0 Å². The number of hydrogen-bond donors (Lipinski definition) is 0. The summed E-state index contributed by atoms with van der Waals surface area (Å²) in [6.45, 7) is 9.49. The van der Waals surface area contributed by atoms with Crippen molar-refractivity contribution < 1.29 is 9.59 Å². The molecule has 0 radical (unpaired) electrons. The van der Waals surface area contributed by atoms with E-state index in [4.69, 9.17) is 0 Å². The van der Waals surface area contributed by atoms with Crippen LogP contribution >= 0.6 is 0 Å². The molecule has 2 rings (SSSR count). The number of nitrogens with zero attached hydrogens (tertiary/aromatic N) is 1. The minimum Gasteiger partial charge on any atom is -0.342 e. The van der Waals surface area contributed by atoms with Gasteiger partial charge in [0.2, 0.25) is 5.91 Å². The molecule has 0 N–H and O–H groups in total. The molecule has 2 fully saturated rings. The first-order chi connectivity index (χ1) is 8.47. The van der Waals surface area contributed by atoms with Crippen LogP contribution in [0.15, 0.2) is 12.7 Å². The third-order valence-electron chi connectivity index (χ3n) is 4.46. The Bertz CT molecular complexity index is 373. The number of allylic oxidation sites excluding steroid dienone is 1. The number of likely N-dealkylation sites (tertiary alicyclic amines) is 1. The van der Waals surface area contributed by atoms with Gasteiger partial charge in [-0.1, -0.05) is 19.9 Å². The lowest BCUT2D eigenvalue weighted by atomic mass is 9.80. The molecule has 0 spiro atoms. The third kappa shape index (κ3) is 2.23. The third-order valence-corrected chi connectivity index (χ3v) is 4.46. The molecule has 1 aliphatic heterocycles. The van der Waals surface area contributed by atoms with Crippen molar-refractivity contribution in [1.29, 1.82) is 0 Å². The first kappa shape index (κ1) is 13.3. The fourth-order valence-electron chi connectivity index (χ4n) is 3.34. The number of Topliss-reactive ketones (excluding diaryl/α,β-unsaturated/α-hetero) is 1. The predicted molar refractivity (Wildman–Crippen MR) is 71.0 cm³/mol. The van der Waals surface area contributed by atoms with Gasteiger partial charge in [-0.15, -0.1) is 6.58 Å². The van der Waals surface area contributed by atoms with E-state index in [1.807, 2.05) is 11.0 Å². The Kier molecular flexibility index (Phi) is 3.60. The standard InChI is InChI=1S/C15H23NO2/c1-4-5-6-7-8-16-10-11-13(14(16)18)12(17)9-15(11,2)3/h4,11,13H,1,5-10H2,2-3H3. The van der Waals surface area contributed by atoms with E-state index in [0.29, 0.717) is 6.42 Å². The number of fused-ring (bicyclic) bond motifs is 1. The highest BCUT2D eigenvalue weighted by Gasteiger charge is 2.56. The molecule has 1 amide bonds. The van der Waals surface area contributed by atoms with Crippen molar-refractivity contribution in [1.82, 2.24) is 4.90 Å². The highest BCUT2D eigenvalue weighted by Crippen LogP contribution is 2.48. The first-order valence-corrected chi connectivity index (χ1v) is 6.90. The molecule has 0 aromatic carbocycles. The summed E-state index contributed by atoms with van der Waals surface area (Å²) in [7, 11) is 0. The van der Waals surface area contributed by atoms with E-state index in [1.54, 1.807) is 0 Å². The van der Waals surface area contributed by atoms with Crippen molar-refractivity contribution in [2.24, 2.45) is 17.3 Å². The Morgan fingerprint density at radius 1 is 1.39 bits per heavy atom. The monoisotopic (exact) mass is 249 g/mol. The van der Waals surface area contributed by atoms with Crippen molar-refractivity contribution in [2.75, 3.05) is 13.1 Å². The Morgan fingerprint density at radius 3 is 2.72 bits per heavy atom. The Balaban J connectivity index is 1.96. The topological polar surface area (TPSA) is 37.4 Å². The molecule has 0 aromatic rings. The molecule has 18 heavy (non-hydrogen) atoms. The summed E-state index contributed by atoms with van der Waals surface area (Å²) in [4.78, 5) is 26.1. The maximum atomic E-state index is 12.2. The number of unbranched alkanes of at least 4 members (excludes halogenated alkanes) is 2. The van der Waals surface area contributed by atoms with Gasteiger partial charge >= 0.3 is 0 Å². The number of amides is 1. The summed E-state index contributed by atoms with van der Waals surface area (Å²) in [5.41, 5.74) is -0.00667. The molecule has 1 heterocycles. The summed E-state index contributed by atoms with van der Waals surface area (Å²) in [6, 6.07) is 0. The Morgan fingerprint density at radius 2 is 2.11 bits per heavy atom. The first-order valence-electron chi connectivity index (χ1n) is 6.90. The SMILES string of the molecule is C=CCCCCN1CC2C(C(=O)CC2(C)C)C1=O. The molecule has 1 saturated heterocycles. The van der Waals surface area contributed by atoms with Crippen LogP contribution in [0, 0.1) is 17.3 Å². The molecule has 2 atom stereocenters. The second-order valence-corrected chi connectivity index (χ2v) is 6.28. The Hall–Kier alpha value is -1.12. The van der Waals surface area contributed by atoms with Gasteiger partial charge in [-0.05, 0) is 24.7 Å². The molecule has 0 aromatic heterocycles. The molecule has 100 valence electrons. The maximum Gasteiger partial charge on any atom is 0.233 e. The van der Waals surface area contributed by atoms with Gasteiger partial charge in [-0.3, -0.25) is 9.59 Å². The van der Waals surface area contributed by atoms with Crippen LogP contribution in [-0.2, 0) is 9.59 Å². The normalized spacial score (nSPS) is 29.8. The van der Waals surface area contributed by atoms with Crippen LogP contribution < -0.4 is 0 Å². The number of carbonyl (C=O) groups is 2. The largest absolute Gasteiger partial charge is 0.342 e. The van der Waals surface area contributed by atoms with Gasteiger partial charge < -0.3 is 4.90 Å². The molecule has 0 bridgehead atoms. The lowest BCUT2D eigenvalue weighted by molar-refractivity contribution is -0.136. The zero-order valence-electron chi connectivity index (χ0n) is 11.4. The molecule has 3 nitrogen and oxygen atoms in total. The van der Waals surface area contributed by atoms with Crippen molar-refractivity contribution in [3.8, 4) is 0 Å². The van der Waals surface area contributed by atoms with Gasteiger partial charge in [0.15, 0.2) is 0 Å². The predicted octanol–water partition coefficient (Wildman–Crippen LogP) is 2.42. The van der Waals surface area contributed by atoms with Gasteiger partial charge in [-0.2, -0.15) is 0 Å². The van der Waals surface area contributed by atoms with Gasteiger partial charge in [0.25, 0.3) is 0 Å². The van der Waals surface area contributed by atoms with E-state index in [9.17, 15) is 9.59 Å². The van der Waals surface area contributed by atoms with E-state index < -0.39 is 0 Å². The van der Waals surface area contributed by atoms with E-state index in [0.717, 1.165) is 32.4 Å². The molecular formula is C15H23NO2. The molecule has 2 unspecified atom stereocenters. The van der Waals surface area contributed by atoms with Gasteiger partial charge in [0.05, 0.1) is 0 Å². The summed E-state index contributed by atoms with van der Waals surface area (Å²) >= 11 is 0. The van der Waals surface area contributed by atoms with Crippen LogP contribution in [0.1, 0.15) is 39.5 Å². The summed E-state index contributed by atoms with van der Waals surface area (Å²) in [5, 5.41) is 0. The second kappa shape index (κ2) is 4.87. The second-order valence-electron chi connectivity index (χ2n) is 6.28. The summed E-state index contributed by atoms with van der Waals surface area (Å²) in [6.07, 6.45) is 5.55. The van der Waals surface area contributed by atoms with E-state index in [1.165, 1.54) is 0 Å².